The lowest BCUT2D eigenvalue weighted by molar-refractivity contribution is -0.140. The van der Waals surface area contributed by atoms with Crippen LogP contribution >= 0.6 is 0 Å². The molecule has 32 heavy (non-hydrogen) atoms. The van der Waals surface area contributed by atoms with Gasteiger partial charge in [-0.05, 0) is 48.4 Å². The van der Waals surface area contributed by atoms with Crippen LogP contribution in [0.15, 0.2) is 67.3 Å². The average Bonchev–Trinajstić information content (AvgIpc) is 3.32. The highest BCUT2D eigenvalue weighted by Gasteiger charge is 2.41. The van der Waals surface area contributed by atoms with Crippen molar-refractivity contribution < 1.29 is 9.59 Å². The van der Waals surface area contributed by atoms with Crippen molar-refractivity contribution in [3.8, 4) is 11.1 Å². The van der Waals surface area contributed by atoms with E-state index in [0.29, 0.717) is 32.4 Å². The highest BCUT2D eigenvalue weighted by Crippen LogP contribution is 2.36. The van der Waals surface area contributed by atoms with E-state index in [1.807, 2.05) is 11.0 Å². The van der Waals surface area contributed by atoms with Crippen LogP contribution in [0.2, 0.25) is 0 Å². The molecule has 2 heterocycles. The number of amides is 2. The maximum absolute atomic E-state index is 13.0. The van der Waals surface area contributed by atoms with Crippen molar-refractivity contribution in [2.45, 2.75) is 32.7 Å². The Balaban J connectivity index is 1.50. The number of nitrogens with one attached hydrogen (secondary N) is 1. The number of piperidine rings is 1. The average molecular weight is 431 g/mol. The van der Waals surface area contributed by atoms with Gasteiger partial charge in [0.1, 0.15) is 6.54 Å². The summed E-state index contributed by atoms with van der Waals surface area (Å²) >= 11 is 0. The van der Waals surface area contributed by atoms with Crippen LogP contribution in [-0.4, -0.2) is 46.4 Å². The molecule has 1 saturated heterocycles. The normalized spacial score (nSPS) is 15.4. The molecule has 1 N–H and O–H groups in total. The largest absolute Gasteiger partial charge is 0.359 e. The lowest BCUT2D eigenvalue weighted by Gasteiger charge is -2.40. The van der Waals surface area contributed by atoms with Crippen molar-refractivity contribution in [1.82, 2.24) is 19.8 Å². The van der Waals surface area contributed by atoms with Gasteiger partial charge in [-0.15, -0.1) is 0 Å². The van der Waals surface area contributed by atoms with E-state index in [-0.39, 0.29) is 18.4 Å². The summed E-state index contributed by atoms with van der Waals surface area (Å²) in [5.74, 6) is 0.121. The van der Waals surface area contributed by atoms with Crippen LogP contribution in [0.4, 0.5) is 0 Å². The van der Waals surface area contributed by atoms with Gasteiger partial charge in [-0.3, -0.25) is 9.59 Å². The van der Waals surface area contributed by atoms with E-state index in [1.165, 1.54) is 16.7 Å². The second-order valence-electron chi connectivity index (χ2n) is 8.67. The molecule has 0 unspecified atom stereocenters. The zero-order valence-corrected chi connectivity index (χ0v) is 18.8. The molecule has 0 spiro atoms. The number of likely N-dealkylation sites (tertiary alicyclic amines) is 1. The molecular formula is C26H30N4O2. The molecule has 4 rings (SSSR count). The van der Waals surface area contributed by atoms with Crippen LogP contribution in [0.5, 0.6) is 0 Å². The van der Waals surface area contributed by atoms with Crippen LogP contribution in [0.25, 0.3) is 11.1 Å². The van der Waals surface area contributed by atoms with Crippen LogP contribution in [0, 0.1) is 12.3 Å². The summed E-state index contributed by atoms with van der Waals surface area (Å²) in [4.78, 5) is 31.6. The van der Waals surface area contributed by atoms with Gasteiger partial charge in [0.05, 0.1) is 11.7 Å². The lowest BCUT2D eigenvalue weighted by Crippen LogP contribution is -2.51. The predicted molar refractivity (Wildman–Crippen MR) is 125 cm³/mol. The fourth-order valence-electron chi connectivity index (χ4n) is 4.71. The zero-order valence-electron chi connectivity index (χ0n) is 18.8. The Morgan fingerprint density at radius 3 is 2.56 bits per heavy atom. The number of carbonyl (C=O) groups excluding carboxylic acids is 2. The molecule has 166 valence electrons. The minimum absolute atomic E-state index is 0.0560. The molecule has 0 atom stereocenters. The van der Waals surface area contributed by atoms with E-state index in [1.54, 1.807) is 30.3 Å². The molecule has 6 heteroatoms. The highest BCUT2D eigenvalue weighted by molar-refractivity contribution is 5.83. The van der Waals surface area contributed by atoms with E-state index in [2.05, 4.69) is 59.7 Å². The number of hydrogen-bond acceptors (Lipinski definition) is 3. The van der Waals surface area contributed by atoms with Crippen molar-refractivity contribution in [3.05, 3.63) is 78.4 Å². The summed E-state index contributed by atoms with van der Waals surface area (Å²) in [7, 11) is 1.70. The SMILES string of the molecule is CNC(=O)C1(Cc2cccc(-c3ccccc3C)c2)CCN(C(=O)Cn2ccnc2)CC1. The molecule has 2 amide bonds. The van der Waals surface area contributed by atoms with Gasteiger partial charge in [0.15, 0.2) is 0 Å². The van der Waals surface area contributed by atoms with Gasteiger partial charge < -0.3 is 14.8 Å². The second-order valence-corrected chi connectivity index (χ2v) is 8.67. The third-order valence-electron chi connectivity index (χ3n) is 6.58. The summed E-state index contributed by atoms with van der Waals surface area (Å²) in [6.07, 6.45) is 7.07. The number of nitrogens with zero attached hydrogens (tertiary/aromatic N) is 3. The first-order chi connectivity index (χ1) is 15.5. The van der Waals surface area contributed by atoms with Gasteiger partial charge >= 0.3 is 0 Å². The monoisotopic (exact) mass is 430 g/mol. The van der Waals surface area contributed by atoms with E-state index in [9.17, 15) is 9.59 Å². The Hall–Kier alpha value is -3.41. The van der Waals surface area contributed by atoms with Crippen LogP contribution in [0.1, 0.15) is 24.0 Å². The van der Waals surface area contributed by atoms with Crippen molar-refractivity contribution >= 4 is 11.8 Å². The molecular weight excluding hydrogens is 400 g/mol. The number of imidazole rings is 1. The number of aryl methyl sites for hydroxylation is 1. The Kier molecular flexibility index (Phi) is 6.40. The Morgan fingerprint density at radius 2 is 1.88 bits per heavy atom. The molecule has 0 radical (unpaired) electrons. The topological polar surface area (TPSA) is 67.2 Å². The first kappa shape index (κ1) is 21.8. The first-order valence-corrected chi connectivity index (χ1v) is 11.1. The number of hydrogen-bond donors (Lipinski definition) is 1. The molecule has 0 aliphatic carbocycles. The first-order valence-electron chi connectivity index (χ1n) is 11.1. The zero-order chi connectivity index (χ0) is 22.6. The van der Waals surface area contributed by atoms with Gasteiger partial charge in [0, 0.05) is 32.5 Å². The molecule has 2 aromatic carbocycles. The lowest BCUT2D eigenvalue weighted by atomic mass is 9.72. The fraction of sp³-hybridized carbons (Fsp3) is 0.346. The van der Waals surface area contributed by atoms with Crippen LogP contribution in [-0.2, 0) is 22.6 Å². The Bertz CT molecular complexity index is 1080. The Labute approximate surface area is 189 Å². The smallest absolute Gasteiger partial charge is 0.242 e. The minimum atomic E-state index is -0.509. The van der Waals surface area contributed by atoms with E-state index in [4.69, 9.17) is 0 Å². The fourth-order valence-corrected chi connectivity index (χ4v) is 4.71. The number of aromatic nitrogens is 2. The predicted octanol–water partition coefficient (Wildman–Crippen LogP) is 3.46. The standard InChI is InChI=1S/C26H30N4O2/c1-20-6-3-4-9-23(20)22-8-5-7-21(16-22)17-26(25(32)27-2)10-13-30(14-11-26)24(31)18-29-15-12-28-19-29/h3-9,12,15-16,19H,10-11,13-14,17-18H2,1-2H3,(H,27,32). The molecule has 1 aromatic heterocycles. The molecule has 1 aliphatic heterocycles. The minimum Gasteiger partial charge on any atom is -0.359 e. The van der Waals surface area contributed by atoms with Gasteiger partial charge in [0.25, 0.3) is 0 Å². The maximum Gasteiger partial charge on any atom is 0.242 e. The second kappa shape index (κ2) is 9.39. The van der Waals surface area contributed by atoms with Crippen LogP contribution < -0.4 is 5.32 Å². The summed E-state index contributed by atoms with van der Waals surface area (Å²) in [5, 5.41) is 2.88. The Morgan fingerprint density at radius 1 is 1.09 bits per heavy atom. The third-order valence-corrected chi connectivity index (χ3v) is 6.58. The molecule has 3 aromatic rings. The quantitative estimate of drug-likeness (QED) is 0.651. The van der Waals surface area contributed by atoms with Gasteiger partial charge in [-0.1, -0.05) is 48.5 Å². The summed E-state index contributed by atoms with van der Waals surface area (Å²) in [6, 6.07) is 16.8. The molecule has 6 nitrogen and oxygen atoms in total. The highest BCUT2D eigenvalue weighted by atomic mass is 16.2. The third kappa shape index (κ3) is 4.59. The molecule has 1 aliphatic rings. The van der Waals surface area contributed by atoms with E-state index < -0.39 is 5.41 Å². The van der Waals surface area contributed by atoms with Crippen molar-refractivity contribution in [3.63, 3.8) is 0 Å². The van der Waals surface area contributed by atoms with Crippen LogP contribution in [0.3, 0.4) is 0 Å². The molecule has 0 bridgehead atoms. The number of rotatable bonds is 6. The maximum atomic E-state index is 13.0. The molecule has 0 saturated carbocycles. The van der Waals surface area contributed by atoms with Gasteiger partial charge in [-0.2, -0.15) is 0 Å². The van der Waals surface area contributed by atoms with Gasteiger partial charge in [-0.25, -0.2) is 4.98 Å². The van der Waals surface area contributed by atoms with Crippen molar-refractivity contribution in [1.29, 1.82) is 0 Å². The van der Waals surface area contributed by atoms with Crippen molar-refractivity contribution in [2.24, 2.45) is 5.41 Å². The van der Waals surface area contributed by atoms with E-state index in [0.717, 1.165) is 5.56 Å². The van der Waals surface area contributed by atoms with E-state index >= 15 is 0 Å². The number of carbonyl (C=O) groups is 2. The van der Waals surface area contributed by atoms with Gasteiger partial charge in [0.2, 0.25) is 11.8 Å². The molecule has 1 fully saturated rings. The summed E-state index contributed by atoms with van der Waals surface area (Å²) in [6.45, 7) is 3.56. The van der Waals surface area contributed by atoms with Crippen molar-refractivity contribution in [2.75, 3.05) is 20.1 Å². The summed E-state index contributed by atoms with van der Waals surface area (Å²) < 4.78 is 1.78. The number of benzene rings is 2. The summed E-state index contributed by atoms with van der Waals surface area (Å²) in [5.41, 5.74) is 4.25.